The van der Waals surface area contributed by atoms with Gasteiger partial charge in [0, 0.05) is 6.04 Å². The minimum Gasteiger partial charge on any atom is -0.480 e. The molecule has 0 aromatic heterocycles. The molecule has 2 saturated carbocycles. The number of hydrogen-bond donors (Lipinski definition) is 3. The normalized spacial score (nSPS) is 32.6. The Morgan fingerprint density at radius 1 is 1.10 bits per heavy atom. The Kier molecular flexibility index (Phi) is 4.55. The van der Waals surface area contributed by atoms with E-state index in [0.717, 1.165) is 32.1 Å². The van der Waals surface area contributed by atoms with E-state index in [4.69, 9.17) is 0 Å². The highest BCUT2D eigenvalue weighted by molar-refractivity contribution is 5.86. The van der Waals surface area contributed by atoms with E-state index >= 15 is 0 Å². The number of nitrogens with one attached hydrogen (secondary N) is 2. The van der Waals surface area contributed by atoms with E-state index in [-0.39, 0.29) is 12.1 Å². The van der Waals surface area contributed by atoms with E-state index in [1.165, 1.54) is 0 Å². The molecule has 5 heteroatoms. The highest BCUT2D eigenvalue weighted by Gasteiger charge is 2.43. The number of hydrogen-bond acceptors (Lipinski definition) is 2. The second kappa shape index (κ2) is 6.02. The summed E-state index contributed by atoms with van der Waals surface area (Å²) in [7, 11) is 0. The number of carbonyl (C=O) groups is 2. The maximum absolute atomic E-state index is 12.1. The zero-order chi connectivity index (χ0) is 14.8. The van der Waals surface area contributed by atoms with Gasteiger partial charge in [-0.25, -0.2) is 9.59 Å². The van der Waals surface area contributed by atoms with Crippen LogP contribution in [0.15, 0.2) is 0 Å². The fourth-order valence-corrected chi connectivity index (χ4v) is 3.49. The number of rotatable bonds is 3. The Hall–Kier alpha value is -1.26. The highest BCUT2D eigenvalue weighted by Crippen LogP contribution is 2.31. The van der Waals surface area contributed by atoms with Crippen LogP contribution in [0.3, 0.4) is 0 Å². The molecule has 2 amide bonds. The average Bonchev–Trinajstić information content (AvgIpc) is 2.83. The summed E-state index contributed by atoms with van der Waals surface area (Å²) in [6.07, 6.45) is 5.89. The largest absolute Gasteiger partial charge is 0.480 e. The van der Waals surface area contributed by atoms with Gasteiger partial charge >= 0.3 is 12.0 Å². The SMILES string of the molecule is CC1CCC(NC(=O)NC2(C(=O)O)CCCC2)CC1C. The molecule has 114 valence electrons. The molecule has 0 aliphatic heterocycles. The van der Waals surface area contributed by atoms with Crippen LogP contribution in [0.4, 0.5) is 4.79 Å². The molecular weight excluding hydrogens is 256 g/mol. The Morgan fingerprint density at radius 2 is 1.75 bits per heavy atom. The van der Waals surface area contributed by atoms with Crippen LogP contribution < -0.4 is 10.6 Å². The van der Waals surface area contributed by atoms with Gasteiger partial charge < -0.3 is 15.7 Å². The molecule has 2 rings (SSSR count). The van der Waals surface area contributed by atoms with Gasteiger partial charge in [-0.05, 0) is 43.9 Å². The summed E-state index contributed by atoms with van der Waals surface area (Å²) in [5, 5.41) is 15.0. The minimum atomic E-state index is -1.04. The van der Waals surface area contributed by atoms with Crippen LogP contribution in [0.1, 0.15) is 58.8 Å². The van der Waals surface area contributed by atoms with Gasteiger partial charge in [-0.2, -0.15) is 0 Å². The van der Waals surface area contributed by atoms with Crippen molar-refractivity contribution in [2.24, 2.45) is 11.8 Å². The van der Waals surface area contributed by atoms with Gasteiger partial charge in [0.05, 0.1) is 0 Å². The molecule has 2 fully saturated rings. The first-order valence-corrected chi connectivity index (χ1v) is 7.75. The minimum absolute atomic E-state index is 0.174. The van der Waals surface area contributed by atoms with E-state index in [2.05, 4.69) is 24.5 Å². The van der Waals surface area contributed by atoms with Gasteiger partial charge in [-0.1, -0.05) is 26.7 Å². The van der Waals surface area contributed by atoms with Crippen LogP contribution in [0.5, 0.6) is 0 Å². The quantitative estimate of drug-likeness (QED) is 0.744. The predicted octanol–water partition coefficient (Wildman–Crippen LogP) is 2.51. The van der Waals surface area contributed by atoms with Crippen LogP contribution in [0.25, 0.3) is 0 Å². The molecule has 0 bridgehead atoms. The molecule has 0 aromatic rings. The summed E-state index contributed by atoms with van der Waals surface area (Å²) in [5.74, 6) is 0.404. The summed E-state index contributed by atoms with van der Waals surface area (Å²) in [5.41, 5.74) is -1.04. The van der Waals surface area contributed by atoms with Crippen molar-refractivity contribution in [3.05, 3.63) is 0 Å². The fraction of sp³-hybridized carbons (Fsp3) is 0.867. The van der Waals surface area contributed by atoms with E-state index in [1.807, 2.05) is 0 Å². The summed E-state index contributed by atoms with van der Waals surface area (Å²) < 4.78 is 0. The first kappa shape index (κ1) is 15.1. The molecule has 2 aliphatic rings. The number of aliphatic carboxylic acids is 1. The molecule has 20 heavy (non-hydrogen) atoms. The molecule has 3 unspecified atom stereocenters. The molecule has 0 spiro atoms. The molecule has 0 radical (unpaired) electrons. The van der Waals surface area contributed by atoms with Crippen molar-refractivity contribution in [3.8, 4) is 0 Å². The molecule has 5 nitrogen and oxygen atoms in total. The van der Waals surface area contributed by atoms with Gasteiger partial charge in [0.2, 0.25) is 0 Å². The molecule has 0 heterocycles. The smallest absolute Gasteiger partial charge is 0.329 e. The van der Waals surface area contributed by atoms with E-state index < -0.39 is 11.5 Å². The lowest BCUT2D eigenvalue weighted by atomic mass is 9.79. The van der Waals surface area contributed by atoms with Crippen LogP contribution in [-0.2, 0) is 4.79 Å². The first-order valence-electron chi connectivity index (χ1n) is 7.75. The van der Waals surface area contributed by atoms with Crippen molar-refractivity contribution in [1.82, 2.24) is 10.6 Å². The lowest BCUT2D eigenvalue weighted by Gasteiger charge is -2.33. The van der Waals surface area contributed by atoms with Crippen molar-refractivity contribution < 1.29 is 14.7 Å². The predicted molar refractivity (Wildman–Crippen MR) is 76.5 cm³/mol. The third-order valence-electron chi connectivity index (χ3n) is 5.15. The number of carbonyl (C=O) groups excluding carboxylic acids is 1. The number of amides is 2. The molecule has 3 atom stereocenters. The van der Waals surface area contributed by atoms with Crippen LogP contribution in [0.2, 0.25) is 0 Å². The third kappa shape index (κ3) is 3.25. The van der Waals surface area contributed by atoms with Crippen molar-refractivity contribution in [1.29, 1.82) is 0 Å². The van der Waals surface area contributed by atoms with Gasteiger partial charge in [-0.15, -0.1) is 0 Å². The Morgan fingerprint density at radius 3 is 2.30 bits per heavy atom. The van der Waals surface area contributed by atoms with Crippen LogP contribution in [0, 0.1) is 11.8 Å². The second-order valence-corrected chi connectivity index (χ2v) is 6.66. The molecule has 0 aromatic carbocycles. The van der Waals surface area contributed by atoms with Crippen molar-refractivity contribution in [2.45, 2.75) is 70.4 Å². The first-order chi connectivity index (χ1) is 9.43. The van der Waals surface area contributed by atoms with Gasteiger partial charge in [0.25, 0.3) is 0 Å². The number of urea groups is 1. The maximum Gasteiger partial charge on any atom is 0.329 e. The van der Waals surface area contributed by atoms with Crippen LogP contribution in [-0.4, -0.2) is 28.7 Å². The standard InChI is InChI=1S/C15H26N2O3/c1-10-5-6-12(9-11(10)2)16-14(20)17-15(13(18)19)7-3-4-8-15/h10-12H,3-9H2,1-2H3,(H,18,19)(H2,16,17,20). The lowest BCUT2D eigenvalue weighted by Crippen LogP contribution is -2.57. The van der Waals surface area contributed by atoms with Crippen molar-refractivity contribution >= 4 is 12.0 Å². The molecule has 0 saturated heterocycles. The van der Waals surface area contributed by atoms with Crippen molar-refractivity contribution in [2.75, 3.05) is 0 Å². The second-order valence-electron chi connectivity index (χ2n) is 6.66. The zero-order valence-electron chi connectivity index (χ0n) is 12.4. The molecule has 2 aliphatic carbocycles. The number of carboxylic acids is 1. The van der Waals surface area contributed by atoms with Gasteiger partial charge in [0.1, 0.15) is 5.54 Å². The summed E-state index contributed by atoms with van der Waals surface area (Å²) >= 11 is 0. The average molecular weight is 282 g/mol. The summed E-state index contributed by atoms with van der Waals surface area (Å²) in [6, 6.07) is -0.144. The number of carboxylic acid groups (broad SMARTS) is 1. The topological polar surface area (TPSA) is 78.4 Å². The highest BCUT2D eigenvalue weighted by atomic mass is 16.4. The van der Waals surface area contributed by atoms with Crippen LogP contribution >= 0.6 is 0 Å². The summed E-state index contributed by atoms with van der Waals surface area (Å²) in [6.45, 7) is 4.46. The maximum atomic E-state index is 12.1. The van der Waals surface area contributed by atoms with Crippen molar-refractivity contribution in [3.63, 3.8) is 0 Å². The lowest BCUT2D eigenvalue weighted by molar-refractivity contribution is -0.144. The Labute approximate surface area is 120 Å². The molecular formula is C15H26N2O3. The monoisotopic (exact) mass is 282 g/mol. The summed E-state index contributed by atoms with van der Waals surface area (Å²) in [4.78, 5) is 23.5. The Bertz CT molecular complexity index is 377. The zero-order valence-corrected chi connectivity index (χ0v) is 12.4. The fourth-order valence-electron chi connectivity index (χ4n) is 3.49. The van der Waals surface area contributed by atoms with E-state index in [1.54, 1.807) is 0 Å². The third-order valence-corrected chi connectivity index (χ3v) is 5.15. The molecule has 3 N–H and O–H groups in total. The van der Waals surface area contributed by atoms with E-state index in [0.29, 0.717) is 24.7 Å². The Balaban J connectivity index is 1.87. The van der Waals surface area contributed by atoms with Gasteiger partial charge in [-0.3, -0.25) is 0 Å². The van der Waals surface area contributed by atoms with Gasteiger partial charge in [0.15, 0.2) is 0 Å². The van der Waals surface area contributed by atoms with E-state index in [9.17, 15) is 14.7 Å².